The zero-order chi connectivity index (χ0) is 26.9. The van der Waals surface area contributed by atoms with Crippen LogP contribution in [0.3, 0.4) is 0 Å². The first-order valence-electron chi connectivity index (χ1n) is 10.5. The van der Waals surface area contributed by atoms with Crippen LogP contribution in [-0.2, 0) is 19.5 Å². The molecule has 0 radical (unpaired) electrons. The van der Waals surface area contributed by atoms with E-state index in [9.17, 15) is 27.9 Å². The van der Waals surface area contributed by atoms with Crippen LogP contribution in [-0.4, -0.2) is 63.9 Å². The number of allylic oxidation sites excluding steroid dienone is 1. The molecule has 1 heterocycles. The van der Waals surface area contributed by atoms with Crippen LogP contribution in [0.15, 0.2) is 35.0 Å². The van der Waals surface area contributed by atoms with Crippen molar-refractivity contribution >= 4 is 52.4 Å². The number of carbonyl (C=O) groups is 3. The van der Waals surface area contributed by atoms with Crippen molar-refractivity contribution in [1.29, 1.82) is 0 Å². The molecule has 0 spiro atoms. The van der Waals surface area contributed by atoms with Gasteiger partial charge in [-0.25, -0.2) is 22.8 Å². The summed E-state index contributed by atoms with van der Waals surface area (Å²) in [4.78, 5) is 37.9. The Bertz CT molecular complexity index is 1150. The molecule has 1 fully saturated rings. The van der Waals surface area contributed by atoms with Crippen LogP contribution < -0.4 is 0 Å². The van der Waals surface area contributed by atoms with E-state index in [1.54, 1.807) is 41.5 Å². The Kier molecular flexibility index (Phi) is 8.45. The highest BCUT2D eigenvalue weighted by atomic mass is 35.5. The number of amides is 2. The molecule has 1 aromatic rings. The Hall–Kier alpha value is -2.44. The quantitative estimate of drug-likeness (QED) is 0.516. The fourth-order valence-corrected chi connectivity index (χ4v) is 4.76. The van der Waals surface area contributed by atoms with E-state index >= 15 is 0 Å². The fourth-order valence-electron chi connectivity index (χ4n) is 2.98. The minimum absolute atomic E-state index is 0.121. The van der Waals surface area contributed by atoms with E-state index in [4.69, 9.17) is 21.1 Å². The summed E-state index contributed by atoms with van der Waals surface area (Å²) in [6.45, 7) is 9.83. The van der Waals surface area contributed by atoms with Gasteiger partial charge in [-0.3, -0.25) is 4.90 Å². The molecule has 10 nitrogen and oxygen atoms in total. The van der Waals surface area contributed by atoms with Crippen molar-refractivity contribution in [3.8, 4) is 0 Å². The largest absolute Gasteiger partial charge is 0.478 e. The average Bonchev–Trinajstić information content (AvgIpc) is 3.03. The molecule has 2 rings (SSSR count). The first-order chi connectivity index (χ1) is 15.8. The van der Waals surface area contributed by atoms with Gasteiger partial charge in [0, 0.05) is 30.1 Å². The predicted molar refractivity (Wildman–Crippen MR) is 132 cm³/mol. The minimum Gasteiger partial charge on any atom is -0.478 e. The van der Waals surface area contributed by atoms with Crippen molar-refractivity contribution in [2.75, 3.05) is 6.54 Å². The van der Waals surface area contributed by atoms with Crippen LogP contribution in [0, 0.1) is 0 Å². The molecule has 0 aromatic heterocycles. The smallest absolute Gasteiger partial charge is 0.428 e. The number of halogens is 1. The van der Waals surface area contributed by atoms with Gasteiger partial charge in [-0.1, -0.05) is 11.6 Å². The van der Waals surface area contributed by atoms with E-state index in [1.807, 2.05) is 0 Å². The molecule has 194 valence electrons. The molecule has 0 saturated carbocycles. The molecule has 0 aliphatic carbocycles. The zero-order valence-electron chi connectivity index (χ0n) is 20.2. The van der Waals surface area contributed by atoms with Crippen LogP contribution in [0.25, 0.3) is 0 Å². The van der Waals surface area contributed by atoms with Crippen molar-refractivity contribution in [3.05, 3.63) is 40.7 Å². The topological polar surface area (TPSA) is 131 Å². The first-order valence-corrected chi connectivity index (χ1v) is 12.8. The molecule has 1 aliphatic rings. The standard InChI is InChI=1S/C22H29ClN2O8S2/c1-21(2,3)32-19(28)24-12-14(34)9-13(24)11-25(20(29)33-22(4,5)6)35(30,31)15-7-8-17(23)16(10-15)18(26)27/h7-8,10-11,14,34H,9,12H2,1-6H3,(H,26,27)/b13-11+. The van der Waals surface area contributed by atoms with Crippen LogP contribution in [0.1, 0.15) is 58.3 Å². The second-order valence-corrected chi connectivity index (χ2v) is 12.7. The SMILES string of the molecule is CC(C)(C)OC(=O)N1CC(S)C/C1=C\N(C(=O)OC(C)(C)C)S(=O)(=O)c1ccc(Cl)c(C(=O)O)c1. The molecular weight excluding hydrogens is 520 g/mol. The van der Waals surface area contributed by atoms with E-state index in [-0.39, 0.29) is 28.9 Å². The summed E-state index contributed by atoms with van der Waals surface area (Å²) >= 11 is 10.3. The molecule has 13 heteroatoms. The lowest BCUT2D eigenvalue weighted by Crippen LogP contribution is -2.39. The number of benzene rings is 1. The van der Waals surface area contributed by atoms with Crippen LogP contribution in [0.5, 0.6) is 0 Å². The van der Waals surface area contributed by atoms with E-state index in [2.05, 4.69) is 12.6 Å². The summed E-state index contributed by atoms with van der Waals surface area (Å²) in [7, 11) is -4.68. The molecule has 1 unspecified atom stereocenters. The van der Waals surface area contributed by atoms with Gasteiger partial charge in [0.05, 0.1) is 15.5 Å². The monoisotopic (exact) mass is 548 g/mol. The zero-order valence-corrected chi connectivity index (χ0v) is 22.7. The maximum atomic E-state index is 13.5. The van der Waals surface area contributed by atoms with Crippen LogP contribution >= 0.6 is 24.2 Å². The Balaban J connectivity index is 2.63. The van der Waals surface area contributed by atoms with Crippen molar-refractivity contribution in [3.63, 3.8) is 0 Å². The predicted octanol–water partition coefficient (Wildman–Crippen LogP) is 4.74. The number of carboxylic acid groups (broad SMARTS) is 1. The number of ether oxygens (including phenoxy) is 2. The van der Waals surface area contributed by atoms with Crippen molar-refractivity contribution < 1.29 is 37.4 Å². The molecule has 0 bridgehead atoms. The first kappa shape index (κ1) is 28.8. The van der Waals surface area contributed by atoms with Gasteiger partial charge in [-0.15, -0.1) is 0 Å². The highest BCUT2D eigenvalue weighted by Crippen LogP contribution is 2.31. The van der Waals surface area contributed by atoms with Crippen LogP contribution in [0.2, 0.25) is 5.02 Å². The molecule has 35 heavy (non-hydrogen) atoms. The van der Waals surface area contributed by atoms with Gasteiger partial charge >= 0.3 is 18.2 Å². The lowest BCUT2D eigenvalue weighted by molar-refractivity contribution is 0.0326. The molecule has 1 N–H and O–H groups in total. The normalized spacial score (nSPS) is 17.9. The second-order valence-electron chi connectivity index (χ2n) is 9.80. The molecule has 1 atom stereocenters. The Labute approximate surface area is 215 Å². The van der Waals surface area contributed by atoms with Gasteiger partial charge in [0.15, 0.2) is 0 Å². The third kappa shape index (κ3) is 7.52. The Morgan fingerprint density at radius 3 is 2.23 bits per heavy atom. The Morgan fingerprint density at radius 1 is 1.14 bits per heavy atom. The lowest BCUT2D eigenvalue weighted by Gasteiger charge is -2.28. The van der Waals surface area contributed by atoms with E-state index in [0.717, 1.165) is 24.4 Å². The number of likely N-dealkylation sites (tertiary alicyclic amines) is 1. The maximum absolute atomic E-state index is 13.5. The average molecular weight is 549 g/mol. The Morgan fingerprint density at radius 2 is 1.71 bits per heavy atom. The van der Waals surface area contributed by atoms with E-state index < -0.39 is 49.8 Å². The van der Waals surface area contributed by atoms with Crippen LogP contribution in [0.4, 0.5) is 9.59 Å². The lowest BCUT2D eigenvalue weighted by atomic mass is 10.2. The highest BCUT2D eigenvalue weighted by Gasteiger charge is 2.37. The van der Waals surface area contributed by atoms with E-state index in [0.29, 0.717) is 4.31 Å². The molecule has 2 amide bonds. The van der Waals surface area contributed by atoms with Gasteiger partial charge in [0.2, 0.25) is 0 Å². The van der Waals surface area contributed by atoms with Gasteiger partial charge in [0.1, 0.15) is 11.2 Å². The highest BCUT2D eigenvalue weighted by molar-refractivity contribution is 7.89. The number of hydrogen-bond acceptors (Lipinski definition) is 8. The number of sulfonamides is 1. The summed E-state index contributed by atoms with van der Waals surface area (Å²) in [5.74, 6) is -1.45. The van der Waals surface area contributed by atoms with Crippen molar-refractivity contribution in [1.82, 2.24) is 9.21 Å². The number of nitrogens with zero attached hydrogens (tertiary/aromatic N) is 2. The van der Waals surface area contributed by atoms with Gasteiger partial charge in [-0.2, -0.15) is 16.9 Å². The summed E-state index contributed by atoms with van der Waals surface area (Å²) in [5, 5.41) is 8.82. The maximum Gasteiger partial charge on any atom is 0.428 e. The van der Waals surface area contributed by atoms with E-state index in [1.165, 1.54) is 4.90 Å². The van der Waals surface area contributed by atoms with Gasteiger partial charge in [-0.05, 0) is 59.7 Å². The molecule has 1 aliphatic heterocycles. The number of aromatic carboxylic acids is 1. The van der Waals surface area contributed by atoms with Crippen molar-refractivity contribution in [2.24, 2.45) is 0 Å². The summed E-state index contributed by atoms with van der Waals surface area (Å²) in [6.07, 6.45) is -0.860. The number of carbonyl (C=O) groups excluding carboxylic acids is 2. The molecule has 1 saturated heterocycles. The summed E-state index contributed by atoms with van der Waals surface area (Å²) in [6, 6.07) is 3.02. The molecule has 1 aromatic carbocycles. The number of carboxylic acids is 1. The fraction of sp³-hybridized carbons (Fsp3) is 0.500. The van der Waals surface area contributed by atoms with Crippen molar-refractivity contribution in [2.45, 2.75) is 69.3 Å². The molecular formula is C22H29ClN2O8S2. The number of thiol groups is 1. The summed E-state index contributed by atoms with van der Waals surface area (Å²) in [5.41, 5.74) is -2.18. The summed E-state index contributed by atoms with van der Waals surface area (Å²) < 4.78 is 38.0. The number of rotatable bonds is 4. The van der Waals surface area contributed by atoms with Gasteiger partial charge in [0.25, 0.3) is 10.0 Å². The third-order valence-electron chi connectivity index (χ3n) is 4.36. The van der Waals surface area contributed by atoms with Gasteiger partial charge < -0.3 is 14.6 Å². The minimum atomic E-state index is -4.68. The third-order valence-corrected chi connectivity index (χ3v) is 6.66. The second kappa shape index (κ2) is 10.3. The number of hydrogen-bond donors (Lipinski definition) is 2.